The minimum absolute atomic E-state index is 0.0219. The quantitative estimate of drug-likeness (QED) is 0.802. The predicted molar refractivity (Wildman–Crippen MR) is 95.0 cm³/mol. The molecule has 0 aromatic heterocycles. The Morgan fingerprint density at radius 2 is 1.88 bits per heavy atom. The van der Waals surface area contributed by atoms with Gasteiger partial charge in [0.05, 0.1) is 4.90 Å². The average molecular weight is 370 g/mol. The molecule has 0 aliphatic heterocycles. The first-order valence-corrected chi connectivity index (χ1v) is 10.3. The Kier molecular flexibility index (Phi) is 6.95. The molecule has 25 heavy (non-hydrogen) atoms. The van der Waals surface area contributed by atoms with Crippen LogP contribution in [0.1, 0.15) is 45.4 Å². The molecule has 1 fully saturated rings. The smallest absolute Gasteiger partial charge is 0.242 e. The number of rotatable bonds is 7. The molecule has 0 spiro atoms. The van der Waals surface area contributed by atoms with E-state index in [-0.39, 0.29) is 23.4 Å². The number of amides is 1. The highest BCUT2D eigenvalue weighted by molar-refractivity contribution is 7.89. The van der Waals surface area contributed by atoms with Gasteiger partial charge in [-0.15, -0.1) is 0 Å². The summed E-state index contributed by atoms with van der Waals surface area (Å²) in [6.07, 6.45) is 5.28. The molecule has 1 aliphatic carbocycles. The predicted octanol–water partition coefficient (Wildman–Crippen LogP) is 2.92. The number of halogens is 1. The van der Waals surface area contributed by atoms with Crippen LogP contribution in [-0.4, -0.2) is 38.3 Å². The van der Waals surface area contributed by atoms with E-state index in [1.807, 2.05) is 0 Å². The van der Waals surface area contributed by atoms with Crippen molar-refractivity contribution in [3.63, 3.8) is 0 Å². The standard InChI is InChI=1S/C18H27FN2O3S/c1-14-6-3-4-7-17(14)20-18(22)8-5-13-21(2)25(23,24)16-11-9-15(19)10-12-16/h9-12,14,17H,3-8,13H2,1-2H3,(H,20,22). The highest BCUT2D eigenvalue weighted by Gasteiger charge is 2.23. The van der Waals surface area contributed by atoms with Gasteiger partial charge in [-0.05, 0) is 49.4 Å². The summed E-state index contributed by atoms with van der Waals surface area (Å²) in [7, 11) is -2.18. The van der Waals surface area contributed by atoms with Crippen molar-refractivity contribution in [2.24, 2.45) is 5.92 Å². The molecule has 1 aromatic rings. The molecule has 2 rings (SSSR count). The maximum absolute atomic E-state index is 12.9. The van der Waals surface area contributed by atoms with Gasteiger partial charge in [0, 0.05) is 26.1 Å². The van der Waals surface area contributed by atoms with E-state index in [4.69, 9.17) is 0 Å². The van der Waals surface area contributed by atoms with Gasteiger partial charge in [-0.1, -0.05) is 19.8 Å². The van der Waals surface area contributed by atoms with E-state index >= 15 is 0 Å². The molecule has 1 aromatic carbocycles. The second-order valence-corrected chi connectivity index (χ2v) is 8.86. The van der Waals surface area contributed by atoms with Crippen LogP contribution in [0, 0.1) is 11.7 Å². The molecule has 1 saturated carbocycles. The summed E-state index contributed by atoms with van der Waals surface area (Å²) in [6, 6.07) is 4.98. The third kappa shape index (κ3) is 5.51. The first kappa shape index (κ1) is 19.8. The van der Waals surface area contributed by atoms with Crippen LogP contribution < -0.4 is 5.32 Å². The zero-order valence-corrected chi connectivity index (χ0v) is 15.7. The SMILES string of the molecule is CC1CCCCC1NC(=O)CCCN(C)S(=O)(=O)c1ccc(F)cc1. The monoisotopic (exact) mass is 370 g/mol. The van der Waals surface area contributed by atoms with Gasteiger partial charge in [-0.2, -0.15) is 0 Å². The number of hydrogen-bond donors (Lipinski definition) is 1. The van der Waals surface area contributed by atoms with Crippen LogP contribution in [0.25, 0.3) is 0 Å². The van der Waals surface area contributed by atoms with Crippen molar-refractivity contribution in [1.29, 1.82) is 0 Å². The van der Waals surface area contributed by atoms with Crippen LogP contribution >= 0.6 is 0 Å². The molecule has 0 bridgehead atoms. The summed E-state index contributed by atoms with van der Waals surface area (Å²) in [6.45, 7) is 2.40. The van der Waals surface area contributed by atoms with Crippen LogP contribution in [0.5, 0.6) is 0 Å². The Balaban J connectivity index is 1.80. The van der Waals surface area contributed by atoms with Crippen molar-refractivity contribution >= 4 is 15.9 Å². The van der Waals surface area contributed by atoms with Gasteiger partial charge in [0.15, 0.2) is 0 Å². The van der Waals surface area contributed by atoms with E-state index in [1.54, 1.807) is 0 Å². The number of sulfonamides is 1. The van der Waals surface area contributed by atoms with Gasteiger partial charge >= 0.3 is 0 Å². The van der Waals surface area contributed by atoms with E-state index in [0.717, 1.165) is 31.4 Å². The molecule has 2 atom stereocenters. The van der Waals surface area contributed by atoms with Crippen molar-refractivity contribution in [2.75, 3.05) is 13.6 Å². The van der Waals surface area contributed by atoms with Crippen molar-refractivity contribution in [3.05, 3.63) is 30.1 Å². The first-order valence-electron chi connectivity index (χ1n) is 8.82. The van der Waals surface area contributed by atoms with Gasteiger partial charge in [0.2, 0.25) is 15.9 Å². The molecule has 0 heterocycles. The fourth-order valence-corrected chi connectivity index (χ4v) is 4.39. The van der Waals surface area contributed by atoms with Crippen LogP contribution in [-0.2, 0) is 14.8 Å². The van der Waals surface area contributed by atoms with Crippen molar-refractivity contribution < 1.29 is 17.6 Å². The highest BCUT2D eigenvalue weighted by Crippen LogP contribution is 2.23. The fourth-order valence-electron chi connectivity index (χ4n) is 3.18. The number of benzene rings is 1. The number of nitrogens with one attached hydrogen (secondary N) is 1. The summed E-state index contributed by atoms with van der Waals surface area (Å²) >= 11 is 0. The first-order chi connectivity index (χ1) is 11.8. The molecule has 1 N–H and O–H groups in total. The van der Waals surface area contributed by atoms with Crippen molar-refractivity contribution in [3.8, 4) is 0 Å². The van der Waals surface area contributed by atoms with Gasteiger partial charge in [-0.3, -0.25) is 4.79 Å². The van der Waals surface area contributed by atoms with Gasteiger partial charge in [0.1, 0.15) is 5.82 Å². The van der Waals surface area contributed by atoms with E-state index in [2.05, 4.69) is 12.2 Å². The number of hydrogen-bond acceptors (Lipinski definition) is 3. The zero-order valence-electron chi connectivity index (χ0n) is 14.9. The normalized spacial score (nSPS) is 21.3. The highest BCUT2D eigenvalue weighted by atomic mass is 32.2. The average Bonchev–Trinajstić information content (AvgIpc) is 2.57. The lowest BCUT2D eigenvalue weighted by Gasteiger charge is -2.29. The maximum atomic E-state index is 12.9. The van der Waals surface area contributed by atoms with E-state index in [9.17, 15) is 17.6 Å². The molecule has 5 nitrogen and oxygen atoms in total. The lowest BCUT2D eigenvalue weighted by atomic mass is 9.86. The van der Waals surface area contributed by atoms with Crippen LogP contribution in [0.4, 0.5) is 4.39 Å². The van der Waals surface area contributed by atoms with Crippen molar-refractivity contribution in [1.82, 2.24) is 9.62 Å². The van der Waals surface area contributed by atoms with E-state index in [0.29, 0.717) is 18.8 Å². The lowest BCUT2D eigenvalue weighted by Crippen LogP contribution is -2.41. The number of nitrogens with zero attached hydrogens (tertiary/aromatic N) is 1. The molecule has 0 saturated heterocycles. The van der Waals surface area contributed by atoms with Crippen LogP contribution in [0.2, 0.25) is 0 Å². The third-order valence-corrected chi connectivity index (χ3v) is 6.73. The molecular weight excluding hydrogens is 343 g/mol. The fraction of sp³-hybridized carbons (Fsp3) is 0.611. The summed E-state index contributed by atoms with van der Waals surface area (Å²) in [5.41, 5.74) is 0. The molecule has 140 valence electrons. The van der Waals surface area contributed by atoms with Gasteiger partial charge in [-0.25, -0.2) is 17.1 Å². The molecule has 7 heteroatoms. The minimum atomic E-state index is -3.65. The molecular formula is C18H27FN2O3S. The second-order valence-electron chi connectivity index (χ2n) is 6.82. The summed E-state index contributed by atoms with van der Waals surface area (Å²) in [4.78, 5) is 12.1. The third-order valence-electron chi connectivity index (χ3n) is 4.86. The molecule has 1 aliphatic rings. The van der Waals surface area contributed by atoms with Crippen molar-refractivity contribution in [2.45, 2.75) is 56.4 Å². The molecule has 1 amide bonds. The van der Waals surface area contributed by atoms with Gasteiger partial charge < -0.3 is 5.32 Å². The summed E-state index contributed by atoms with van der Waals surface area (Å²) < 4.78 is 38.9. The van der Waals surface area contributed by atoms with Crippen LogP contribution in [0.15, 0.2) is 29.2 Å². The Bertz CT molecular complexity index is 676. The second kappa shape index (κ2) is 8.76. The molecule has 2 unspecified atom stereocenters. The van der Waals surface area contributed by atoms with E-state index in [1.165, 1.54) is 29.9 Å². The Hall–Kier alpha value is -1.47. The Morgan fingerprint density at radius 1 is 1.24 bits per heavy atom. The maximum Gasteiger partial charge on any atom is 0.242 e. The largest absolute Gasteiger partial charge is 0.353 e. The Labute approximate surface area is 149 Å². The number of carbonyl (C=O) groups is 1. The number of carbonyl (C=O) groups excluding carboxylic acids is 1. The zero-order chi connectivity index (χ0) is 18.4. The molecule has 0 radical (unpaired) electrons. The minimum Gasteiger partial charge on any atom is -0.353 e. The van der Waals surface area contributed by atoms with Crippen LogP contribution in [0.3, 0.4) is 0 Å². The van der Waals surface area contributed by atoms with Gasteiger partial charge in [0.25, 0.3) is 0 Å². The Morgan fingerprint density at radius 3 is 2.52 bits per heavy atom. The summed E-state index contributed by atoms with van der Waals surface area (Å²) in [5, 5.41) is 3.07. The van der Waals surface area contributed by atoms with E-state index < -0.39 is 15.8 Å². The lowest BCUT2D eigenvalue weighted by molar-refractivity contribution is -0.122. The topological polar surface area (TPSA) is 66.5 Å². The summed E-state index contributed by atoms with van der Waals surface area (Å²) in [5.74, 6) is 0.000716.